The Bertz CT molecular complexity index is 1160. The van der Waals surface area contributed by atoms with Gasteiger partial charge in [0.1, 0.15) is 6.04 Å². The predicted molar refractivity (Wildman–Crippen MR) is 126 cm³/mol. The normalized spacial score (nSPS) is 14.0. The van der Waals surface area contributed by atoms with Gasteiger partial charge < -0.3 is 4.42 Å². The van der Waals surface area contributed by atoms with Crippen LogP contribution in [0.15, 0.2) is 119 Å². The maximum absolute atomic E-state index is 6.27. The average molecular weight is 420 g/mol. The van der Waals surface area contributed by atoms with Gasteiger partial charge in [-0.2, -0.15) is 0 Å². The standard InChI is InChI=1S/C28H25N3O/c1-4-12-22(13-5-1)20-31(21-23-14-6-2-7-15-23)26(24-16-10-11-17-24)28-30-29-27(32-28)25-18-8-3-9-19-25/h1-16,18-19,26H,17,20-21H2. The van der Waals surface area contributed by atoms with Crippen molar-refractivity contribution in [2.75, 3.05) is 0 Å². The molecule has 0 spiro atoms. The molecule has 1 heterocycles. The first-order valence-corrected chi connectivity index (χ1v) is 10.9. The van der Waals surface area contributed by atoms with Crippen molar-refractivity contribution in [3.63, 3.8) is 0 Å². The third kappa shape index (κ3) is 4.61. The second kappa shape index (κ2) is 9.58. The van der Waals surface area contributed by atoms with Crippen molar-refractivity contribution in [1.82, 2.24) is 15.1 Å². The summed E-state index contributed by atoms with van der Waals surface area (Å²) in [7, 11) is 0. The number of benzene rings is 3. The van der Waals surface area contributed by atoms with E-state index in [4.69, 9.17) is 4.42 Å². The first-order chi connectivity index (χ1) is 15.9. The lowest BCUT2D eigenvalue weighted by atomic mass is 10.0. The molecule has 0 bridgehead atoms. The van der Waals surface area contributed by atoms with Crippen molar-refractivity contribution in [3.05, 3.63) is 132 Å². The molecule has 5 rings (SSSR count). The van der Waals surface area contributed by atoms with E-state index in [1.54, 1.807) is 0 Å². The van der Waals surface area contributed by atoms with Gasteiger partial charge in [-0.15, -0.1) is 10.2 Å². The summed E-state index contributed by atoms with van der Waals surface area (Å²) in [5.41, 5.74) is 4.70. The molecule has 1 aliphatic rings. The van der Waals surface area contributed by atoms with Gasteiger partial charge in [0.15, 0.2) is 0 Å². The highest BCUT2D eigenvalue weighted by Crippen LogP contribution is 2.35. The zero-order valence-electron chi connectivity index (χ0n) is 17.8. The lowest BCUT2D eigenvalue weighted by molar-refractivity contribution is 0.177. The summed E-state index contributed by atoms with van der Waals surface area (Å²) in [6.07, 6.45) is 7.36. The van der Waals surface area contributed by atoms with Crippen LogP contribution in [0.2, 0.25) is 0 Å². The highest BCUT2D eigenvalue weighted by atomic mass is 16.4. The molecule has 1 aromatic heterocycles. The Labute approximate surface area is 188 Å². The highest BCUT2D eigenvalue weighted by molar-refractivity contribution is 5.52. The summed E-state index contributed by atoms with van der Waals surface area (Å²) in [5, 5.41) is 8.90. The Morgan fingerprint density at radius 1 is 0.750 bits per heavy atom. The molecule has 0 amide bonds. The van der Waals surface area contributed by atoms with E-state index in [0.29, 0.717) is 11.8 Å². The van der Waals surface area contributed by atoms with Crippen LogP contribution in [0.4, 0.5) is 0 Å². The van der Waals surface area contributed by atoms with Crippen molar-refractivity contribution in [1.29, 1.82) is 0 Å². The van der Waals surface area contributed by atoms with Gasteiger partial charge in [0.05, 0.1) is 0 Å². The molecule has 32 heavy (non-hydrogen) atoms. The number of hydrogen-bond acceptors (Lipinski definition) is 4. The molecule has 158 valence electrons. The van der Waals surface area contributed by atoms with Crippen molar-refractivity contribution in [2.45, 2.75) is 25.6 Å². The van der Waals surface area contributed by atoms with Gasteiger partial charge >= 0.3 is 0 Å². The summed E-state index contributed by atoms with van der Waals surface area (Å²) < 4.78 is 6.27. The molecule has 4 nitrogen and oxygen atoms in total. The Kier molecular flexibility index (Phi) is 6.04. The van der Waals surface area contributed by atoms with Crippen LogP contribution in [0.3, 0.4) is 0 Å². The van der Waals surface area contributed by atoms with E-state index in [0.717, 1.165) is 25.1 Å². The van der Waals surface area contributed by atoms with Crippen molar-refractivity contribution >= 4 is 0 Å². The molecule has 0 saturated carbocycles. The molecule has 0 fully saturated rings. The Hall–Kier alpha value is -3.76. The average Bonchev–Trinajstić information content (AvgIpc) is 3.55. The third-order valence-electron chi connectivity index (χ3n) is 5.67. The molecule has 0 saturated heterocycles. The predicted octanol–water partition coefficient (Wildman–Crippen LogP) is 6.37. The quantitative estimate of drug-likeness (QED) is 0.333. The van der Waals surface area contributed by atoms with Crippen LogP contribution in [0.5, 0.6) is 0 Å². The lowest BCUT2D eigenvalue weighted by Crippen LogP contribution is -2.29. The van der Waals surface area contributed by atoms with Crippen molar-refractivity contribution in [2.24, 2.45) is 0 Å². The Balaban J connectivity index is 1.53. The van der Waals surface area contributed by atoms with Crippen LogP contribution in [0.1, 0.15) is 29.5 Å². The van der Waals surface area contributed by atoms with Gasteiger partial charge in [0.2, 0.25) is 11.8 Å². The van der Waals surface area contributed by atoms with Gasteiger partial charge in [-0.25, -0.2) is 0 Å². The largest absolute Gasteiger partial charge is 0.419 e. The monoisotopic (exact) mass is 419 g/mol. The molecule has 0 aliphatic heterocycles. The lowest BCUT2D eigenvalue weighted by Gasteiger charge is -2.31. The zero-order valence-corrected chi connectivity index (χ0v) is 17.8. The van der Waals surface area contributed by atoms with Gasteiger partial charge in [-0.1, -0.05) is 97.1 Å². The summed E-state index contributed by atoms with van der Waals surface area (Å²) in [5.74, 6) is 1.18. The minimum Gasteiger partial charge on any atom is -0.419 e. The third-order valence-corrected chi connectivity index (χ3v) is 5.67. The number of nitrogens with zero attached hydrogens (tertiary/aromatic N) is 3. The Morgan fingerprint density at radius 3 is 1.91 bits per heavy atom. The van der Waals surface area contributed by atoms with Gasteiger partial charge in [-0.05, 0) is 35.3 Å². The van der Waals surface area contributed by atoms with Crippen molar-refractivity contribution in [3.8, 4) is 11.5 Å². The maximum Gasteiger partial charge on any atom is 0.247 e. The molecule has 3 aromatic carbocycles. The second-order valence-corrected chi connectivity index (χ2v) is 7.96. The zero-order chi connectivity index (χ0) is 21.6. The minimum absolute atomic E-state index is 0.102. The van der Waals surface area contributed by atoms with Gasteiger partial charge in [0.25, 0.3) is 0 Å². The molecule has 0 N–H and O–H groups in total. The molecule has 4 heteroatoms. The van der Waals surface area contributed by atoms with Crippen LogP contribution in [0, 0.1) is 0 Å². The summed E-state index contributed by atoms with van der Waals surface area (Å²) in [6.45, 7) is 1.56. The van der Waals surface area contributed by atoms with E-state index < -0.39 is 0 Å². The van der Waals surface area contributed by atoms with Crippen LogP contribution < -0.4 is 0 Å². The van der Waals surface area contributed by atoms with E-state index >= 15 is 0 Å². The fourth-order valence-electron chi connectivity index (χ4n) is 4.13. The van der Waals surface area contributed by atoms with E-state index in [9.17, 15) is 0 Å². The number of rotatable bonds is 8. The maximum atomic E-state index is 6.27. The molecule has 1 unspecified atom stereocenters. The first-order valence-electron chi connectivity index (χ1n) is 10.9. The number of aromatic nitrogens is 2. The summed E-state index contributed by atoms with van der Waals surface area (Å²) >= 11 is 0. The molecule has 1 atom stereocenters. The minimum atomic E-state index is -0.102. The topological polar surface area (TPSA) is 42.2 Å². The summed E-state index contributed by atoms with van der Waals surface area (Å²) in [4.78, 5) is 2.42. The fraction of sp³-hybridized carbons (Fsp3) is 0.143. The van der Waals surface area contributed by atoms with Crippen LogP contribution in [-0.2, 0) is 13.1 Å². The van der Waals surface area contributed by atoms with Gasteiger partial charge in [0, 0.05) is 18.7 Å². The molecule has 0 radical (unpaired) electrons. The molecule has 1 aliphatic carbocycles. The molecule has 4 aromatic rings. The SMILES string of the molecule is C1=CCC(C(c2nnc(-c3ccccc3)o2)N(Cc2ccccc2)Cc2ccccc2)=C1. The van der Waals surface area contributed by atoms with E-state index in [-0.39, 0.29) is 6.04 Å². The number of allylic oxidation sites excluding steroid dienone is 3. The Morgan fingerprint density at radius 2 is 1.34 bits per heavy atom. The van der Waals surface area contributed by atoms with Crippen LogP contribution >= 0.6 is 0 Å². The van der Waals surface area contributed by atoms with Gasteiger partial charge in [-0.3, -0.25) is 4.90 Å². The second-order valence-electron chi connectivity index (χ2n) is 7.96. The smallest absolute Gasteiger partial charge is 0.247 e. The summed E-state index contributed by atoms with van der Waals surface area (Å²) in [6, 6.07) is 30.9. The molecular formula is C28H25N3O. The first kappa shape index (κ1) is 20.2. The van der Waals surface area contributed by atoms with Crippen molar-refractivity contribution < 1.29 is 4.42 Å². The van der Waals surface area contributed by atoms with E-state index in [1.165, 1.54) is 16.7 Å². The van der Waals surface area contributed by atoms with E-state index in [1.807, 2.05) is 30.3 Å². The number of hydrogen-bond donors (Lipinski definition) is 0. The highest BCUT2D eigenvalue weighted by Gasteiger charge is 2.30. The molecular weight excluding hydrogens is 394 g/mol. The van der Waals surface area contributed by atoms with E-state index in [2.05, 4.69) is 94.0 Å². The van der Waals surface area contributed by atoms with Crippen LogP contribution in [0.25, 0.3) is 11.5 Å². The van der Waals surface area contributed by atoms with Crippen LogP contribution in [-0.4, -0.2) is 15.1 Å². The fourth-order valence-corrected chi connectivity index (χ4v) is 4.13.